The predicted molar refractivity (Wildman–Crippen MR) is 59.7 cm³/mol. The van der Waals surface area contributed by atoms with Gasteiger partial charge in [0.25, 0.3) is 0 Å². The topological polar surface area (TPSA) is 64.3 Å². The predicted octanol–water partition coefficient (Wildman–Crippen LogP) is 1.97. The number of anilines is 1. The first kappa shape index (κ1) is 11.5. The molecule has 82 valence electrons. The molecule has 4 nitrogen and oxygen atoms in total. The number of ether oxygens (including phenoxy) is 1. The lowest BCUT2D eigenvalue weighted by Crippen LogP contribution is -2.38. The van der Waals surface area contributed by atoms with Crippen LogP contribution in [0.25, 0.3) is 0 Å². The Morgan fingerprint density at radius 2 is 2.00 bits per heavy atom. The van der Waals surface area contributed by atoms with E-state index in [2.05, 4.69) is 5.32 Å². The third-order valence-corrected chi connectivity index (χ3v) is 1.60. The van der Waals surface area contributed by atoms with E-state index >= 15 is 0 Å². The van der Waals surface area contributed by atoms with Crippen molar-refractivity contribution in [2.24, 2.45) is 5.73 Å². The van der Waals surface area contributed by atoms with Gasteiger partial charge in [0.15, 0.2) is 0 Å². The summed E-state index contributed by atoms with van der Waals surface area (Å²) in [6.45, 7) is 3.78. The smallest absolute Gasteiger partial charge is 0.411 e. The number of para-hydroxylation sites is 1. The second kappa shape index (κ2) is 4.79. The Bertz CT molecular complexity index is 317. The van der Waals surface area contributed by atoms with Gasteiger partial charge in [0.2, 0.25) is 0 Å². The number of amides is 1. The molecule has 0 radical (unpaired) electrons. The van der Waals surface area contributed by atoms with Gasteiger partial charge in [0.05, 0.1) is 0 Å². The zero-order valence-electron chi connectivity index (χ0n) is 8.99. The van der Waals surface area contributed by atoms with Crippen molar-refractivity contribution in [1.82, 2.24) is 0 Å². The molecule has 0 aliphatic rings. The summed E-state index contributed by atoms with van der Waals surface area (Å²) in [6.07, 6.45) is -0.486. The van der Waals surface area contributed by atoms with Crippen molar-refractivity contribution in [3.63, 3.8) is 0 Å². The number of rotatable bonds is 3. The Kier molecular flexibility index (Phi) is 3.68. The summed E-state index contributed by atoms with van der Waals surface area (Å²) in [4.78, 5) is 11.3. The molecule has 1 rings (SSSR count). The van der Waals surface area contributed by atoms with Crippen LogP contribution in [0.1, 0.15) is 13.8 Å². The van der Waals surface area contributed by atoms with Gasteiger partial charge in [-0.3, -0.25) is 5.32 Å². The van der Waals surface area contributed by atoms with Crippen LogP contribution in [0.15, 0.2) is 30.3 Å². The molecule has 0 fully saturated rings. The highest BCUT2D eigenvalue weighted by atomic mass is 16.5. The van der Waals surface area contributed by atoms with Crippen LogP contribution in [0.3, 0.4) is 0 Å². The highest BCUT2D eigenvalue weighted by Gasteiger charge is 2.13. The van der Waals surface area contributed by atoms with E-state index in [1.165, 1.54) is 0 Å². The zero-order chi connectivity index (χ0) is 11.3. The molecule has 0 aliphatic carbocycles. The molecular weight excluding hydrogens is 192 g/mol. The highest BCUT2D eigenvalue weighted by Crippen LogP contribution is 2.06. The zero-order valence-corrected chi connectivity index (χ0v) is 8.99. The molecule has 0 heterocycles. The van der Waals surface area contributed by atoms with E-state index in [-0.39, 0.29) is 6.61 Å². The number of nitrogens with two attached hydrogens (primary N) is 1. The van der Waals surface area contributed by atoms with Crippen molar-refractivity contribution in [3.05, 3.63) is 30.3 Å². The van der Waals surface area contributed by atoms with Crippen LogP contribution in [0.5, 0.6) is 0 Å². The SMILES string of the molecule is CC(C)(N)COC(=O)Nc1ccccc1. The average molecular weight is 208 g/mol. The van der Waals surface area contributed by atoms with Crippen LogP contribution < -0.4 is 11.1 Å². The van der Waals surface area contributed by atoms with Crippen molar-refractivity contribution in [3.8, 4) is 0 Å². The quantitative estimate of drug-likeness (QED) is 0.798. The van der Waals surface area contributed by atoms with Crippen molar-refractivity contribution in [2.45, 2.75) is 19.4 Å². The maximum absolute atomic E-state index is 11.3. The van der Waals surface area contributed by atoms with Crippen LogP contribution in [0, 0.1) is 0 Å². The number of carbonyl (C=O) groups excluding carboxylic acids is 1. The second-order valence-corrected chi connectivity index (χ2v) is 4.06. The number of hydrogen-bond donors (Lipinski definition) is 2. The Morgan fingerprint density at radius 1 is 1.40 bits per heavy atom. The average Bonchev–Trinajstić information content (AvgIpc) is 2.15. The molecule has 1 aromatic rings. The van der Waals surface area contributed by atoms with Gasteiger partial charge in [-0.25, -0.2) is 4.79 Å². The summed E-state index contributed by atoms with van der Waals surface area (Å²) in [5, 5.41) is 2.60. The number of benzene rings is 1. The normalized spacial score (nSPS) is 10.9. The molecule has 0 unspecified atom stereocenters. The fourth-order valence-electron chi connectivity index (χ4n) is 0.927. The minimum absolute atomic E-state index is 0.186. The summed E-state index contributed by atoms with van der Waals surface area (Å²) in [5.74, 6) is 0. The van der Waals surface area contributed by atoms with Gasteiger partial charge in [-0.05, 0) is 26.0 Å². The Labute approximate surface area is 89.4 Å². The highest BCUT2D eigenvalue weighted by molar-refractivity contribution is 5.84. The van der Waals surface area contributed by atoms with E-state index in [1.807, 2.05) is 18.2 Å². The molecular formula is C11H16N2O2. The molecule has 0 atom stereocenters. The first-order valence-corrected chi connectivity index (χ1v) is 4.75. The molecule has 0 saturated carbocycles. The lowest BCUT2D eigenvalue weighted by molar-refractivity contribution is 0.138. The molecule has 4 heteroatoms. The monoisotopic (exact) mass is 208 g/mol. The largest absolute Gasteiger partial charge is 0.447 e. The van der Waals surface area contributed by atoms with Crippen LogP contribution >= 0.6 is 0 Å². The fourth-order valence-corrected chi connectivity index (χ4v) is 0.927. The van der Waals surface area contributed by atoms with Crippen molar-refractivity contribution in [2.75, 3.05) is 11.9 Å². The van der Waals surface area contributed by atoms with E-state index < -0.39 is 11.6 Å². The number of nitrogens with one attached hydrogen (secondary N) is 1. The summed E-state index contributed by atoms with van der Waals surface area (Å²) in [7, 11) is 0. The Hall–Kier alpha value is -1.55. The summed E-state index contributed by atoms with van der Waals surface area (Å²) < 4.78 is 4.94. The standard InChI is InChI=1S/C11H16N2O2/c1-11(2,12)8-15-10(14)13-9-6-4-3-5-7-9/h3-7H,8,12H2,1-2H3,(H,13,14). The van der Waals surface area contributed by atoms with E-state index in [1.54, 1.807) is 26.0 Å². The molecule has 0 bridgehead atoms. The minimum Gasteiger partial charge on any atom is -0.447 e. The molecule has 1 aromatic carbocycles. The van der Waals surface area contributed by atoms with Gasteiger partial charge >= 0.3 is 6.09 Å². The van der Waals surface area contributed by atoms with Crippen LogP contribution in [-0.4, -0.2) is 18.2 Å². The van der Waals surface area contributed by atoms with E-state index in [0.29, 0.717) is 5.69 Å². The van der Waals surface area contributed by atoms with Gasteiger partial charge in [-0.2, -0.15) is 0 Å². The van der Waals surface area contributed by atoms with Gasteiger partial charge in [-0.15, -0.1) is 0 Å². The van der Waals surface area contributed by atoms with Crippen molar-refractivity contribution in [1.29, 1.82) is 0 Å². The third kappa shape index (κ3) is 5.02. The maximum atomic E-state index is 11.3. The Morgan fingerprint density at radius 3 is 2.53 bits per heavy atom. The van der Waals surface area contributed by atoms with Gasteiger partial charge in [0.1, 0.15) is 6.61 Å². The molecule has 0 spiro atoms. The van der Waals surface area contributed by atoms with Crippen LogP contribution in [0.2, 0.25) is 0 Å². The van der Waals surface area contributed by atoms with Crippen molar-refractivity contribution >= 4 is 11.8 Å². The van der Waals surface area contributed by atoms with Crippen LogP contribution in [-0.2, 0) is 4.74 Å². The second-order valence-electron chi connectivity index (χ2n) is 4.06. The summed E-state index contributed by atoms with van der Waals surface area (Å²) in [5.41, 5.74) is 5.87. The fraction of sp³-hybridized carbons (Fsp3) is 0.364. The molecule has 0 saturated heterocycles. The first-order valence-electron chi connectivity index (χ1n) is 4.75. The van der Waals surface area contributed by atoms with E-state index in [0.717, 1.165) is 0 Å². The van der Waals surface area contributed by atoms with Crippen molar-refractivity contribution < 1.29 is 9.53 Å². The van der Waals surface area contributed by atoms with Gasteiger partial charge in [0, 0.05) is 11.2 Å². The Balaban J connectivity index is 2.38. The molecule has 0 aromatic heterocycles. The first-order chi connectivity index (χ1) is 6.97. The van der Waals surface area contributed by atoms with Gasteiger partial charge < -0.3 is 10.5 Å². The number of hydrogen-bond acceptors (Lipinski definition) is 3. The minimum atomic E-state index is -0.506. The van der Waals surface area contributed by atoms with E-state index in [9.17, 15) is 4.79 Å². The summed E-state index contributed by atoms with van der Waals surface area (Å²) in [6, 6.07) is 9.12. The maximum Gasteiger partial charge on any atom is 0.411 e. The number of carbonyl (C=O) groups is 1. The van der Waals surface area contributed by atoms with E-state index in [4.69, 9.17) is 10.5 Å². The third-order valence-electron chi connectivity index (χ3n) is 1.60. The van der Waals surface area contributed by atoms with Crippen LogP contribution in [0.4, 0.5) is 10.5 Å². The summed E-state index contributed by atoms with van der Waals surface area (Å²) >= 11 is 0. The molecule has 15 heavy (non-hydrogen) atoms. The molecule has 0 aliphatic heterocycles. The lowest BCUT2D eigenvalue weighted by Gasteiger charge is -2.18. The van der Waals surface area contributed by atoms with Gasteiger partial charge in [-0.1, -0.05) is 18.2 Å². The lowest BCUT2D eigenvalue weighted by atomic mass is 10.1. The molecule has 1 amide bonds. The molecule has 3 N–H and O–H groups in total.